The molecular weight excluding hydrogens is 448 g/mol. The molecule has 5 fully saturated rings. The second kappa shape index (κ2) is 8.59. The Labute approximate surface area is 204 Å². The molecular formula is C27H34N2O6. The fourth-order valence-corrected chi connectivity index (χ4v) is 8.17. The van der Waals surface area contributed by atoms with Gasteiger partial charge in [0, 0.05) is 6.54 Å². The number of amides is 2. The van der Waals surface area contributed by atoms with Gasteiger partial charge in [0.15, 0.2) is 5.78 Å². The zero-order valence-electron chi connectivity index (χ0n) is 19.9. The minimum atomic E-state index is -1.16. The van der Waals surface area contributed by atoms with Crippen molar-refractivity contribution < 1.29 is 29.3 Å². The summed E-state index contributed by atoms with van der Waals surface area (Å²) < 4.78 is 5.96. The summed E-state index contributed by atoms with van der Waals surface area (Å²) >= 11 is 0. The van der Waals surface area contributed by atoms with E-state index in [2.05, 4.69) is 17.6 Å². The van der Waals surface area contributed by atoms with Crippen LogP contribution in [0, 0.1) is 41.4 Å². The SMILES string of the molecule is C[C@H]1[C@@H]2O[C@@H]2[C@@H]2C[C@H]3[C@H](CC[C@@H]4/C=C/C(O)=C5\C(=O)NC(C5=O)C(O)CCNC(=O)/C=C\C[C@@H]34)[C@H]12. The quantitative estimate of drug-likeness (QED) is 0.306. The van der Waals surface area contributed by atoms with Gasteiger partial charge in [0.2, 0.25) is 5.91 Å². The molecule has 0 aromatic heterocycles. The number of allylic oxidation sites excluding steroid dienone is 3. The molecule has 6 rings (SSSR count). The molecule has 2 bridgehead atoms. The van der Waals surface area contributed by atoms with Crippen molar-refractivity contribution >= 4 is 17.6 Å². The lowest BCUT2D eigenvalue weighted by Gasteiger charge is -2.41. The Kier molecular flexibility index (Phi) is 5.64. The van der Waals surface area contributed by atoms with Crippen molar-refractivity contribution in [2.24, 2.45) is 41.4 Å². The number of Topliss-reactive ketones (excluding diaryl/α,β-unsaturated/α-hetero) is 1. The number of hydrogen-bond acceptors (Lipinski definition) is 6. The summed E-state index contributed by atoms with van der Waals surface area (Å²) in [5, 5.41) is 26.3. The molecule has 3 heterocycles. The maximum Gasteiger partial charge on any atom is 0.259 e. The summed E-state index contributed by atoms with van der Waals surface area (Å²) in [6.45, 7) is 2.51. The van der Waals surface area contributed by atoms with Crippen LogP contribution in [0.4, 0.5) is 0 Å². The molecule has 8 heteroatoms. The first kappa shape index (κ1) is 23.0. The third-order valence-corrected chi connectivity index (χ3v) is 9.73. The van der Waals surface area contributed by atoms with Gasteiger partial charge < -0.3 is 25.6 Å². The smallest absolute Gasteiger partial charge is 0.259 e. The van der Waals surface area contributed by atoms with Crippen LogP contribution in [0.5, 0.6) is 0 Å². The Bertz CT molecular complexity index is 1030. The first-order valence-electron chi connectivity index (χ1n) is 13.1. The lowest BCUT2D eigenvalue weighted by molar-refractivity contribution is -0.118. The molecule has 0 aromatic carbocycles. The van der Waals surface area contributed by atoms with Crippen LogP contribution in [0.15, 0.2) is 35.6 Å². The van der Waals surface area contributed by atoms with Gasteiger partial charge >= 0.3 is 0 Å². The average Bonchev–Trinajstić information content (AvgIpc) is 3.33. The van der Waals surface area contributed by atoms with Crippen LogP contribution < -0.4 is 10.6 Å². The molecule has 0 radical (unpaired) electrons. The standard InChI is InChI=1S/C27H34N2O6/c1-12-21-15-7-5-13-6-8-18(30)22-24(33)23(29-27(22)34)19(31)9-10-28-20(32)4-2-3-14(13)16(15)11-17(21)26-25(12)35-26/h2,4,6,8,12-17,19,21,23,25-26,30-31H,3,5,7,9-11H2,1H3,(H,28,32)(H,29,34)/b4-2-,8-6+,22-18+/t12-,13-,14-,15+,16-,17-,19?,21+,23?,25+,26-/m1/s1. The predicted octanol–water partition coefficient (Wildman–Crippen LogP) is 1.56. The van der Waals surface area contributed by atoms with Gasteiger partial charge in [-0.3, -0.25) is 14.4 Å². The maximum atomic E-state index is 12.8. The second-order valence-corrected chi connectivity index (χ2v) is 11.4. The van der Waals surface area contributed by atoms with Gasteiger partial charge in [0.05, 0.1) is 18.3 Å². The van der Waals surface area contributed by atoms with Crippen molar-refractivity contribution in [1.82, 2.24) is 10.6 Å². The lowest BCUT2D eigenvalue weighted by Crippen LogP contribution is -2.42. The van der Waals surface area contributed by atoms with Crippen LogP contribution in [-0.2, 0) is 19.1 Å². The van der Waals surface area contributed by atoms with E-state index < -0.39 is 23.8 Å². The van der Waals surface area contributed by atoms with E-state index in [1.807, 2.05) is 12.2 Å². The number of aliphatic hydroxyl groups is 2. The van der Waals surface area contributed by atoms with Gasteiger partial charge in [0.1, 0.15) is 17.4 Å². The average molecular weight is 483 g/mol. The van der Waals surface area contributed by atoms with Crippen LogP contribution in [-0.4, -0.2) is 58.7 Å². The van der Waals surface area contributed by atoms with Gasteiger partial charge in [-0.05, 0) is 85.7 Å². The third-order valence-electron chi connectivity index (χ3n) is 9.73. The fourth-order valence-electron chi connectivity index (χ4n) is 8.17. The highest BCUT2D eigenvalue weighted by atomic mass is 16.6. The van der Waals surface area contributed by atoms with E-state index in [-0.39, 0.29) is 36.1 Å². The summed E-state index contributed by atoms with van der Waals surface area (Å²) in [6.07, 6.45) is 10.8. The normalized spacial score (nSPS) is 50.9. The van der Waals surface area contributed by atoms with E-state index in [0.29, 0.717) is 47.7 Å². The first-order valence-corrected chi connectivity index (χ1v) is 13.1. The van der Waals surface area contributed by atoms with E-state index in [9.17, 15) is 24.6 Å². The van der Waals surface area contributed by atoms with Crippen molar-refractivity contribution in [2.45, 2.75) is 63.4 Å². The van der Waals surface area contributed by atoms with Crippen LogP contribution in [0.2, 0.25) is 0 Å². The maximum absolute atomic E-state index is 12.8. The zero-order chi connectivity index (χ0) is 24.4. The number of carbonyl (C=O) groups excluding carboxylic acids is 3. The molecule has 2 saturated heterocycles. The second-order valence-electron chi connectivity index (χ2n) is 11.4. The van der Waals surface area contributed by atoms with Gasteiger partial charge in [0.25, 0.3) is 5.91 Å². The number of fused-ring (bicyclic) bond motifs is 9. The number of ketones is 1. The van der Waals surface area contributed by atoms with E-state index in [1.54, 1.807) is 6.08 Å². The molecule has 3 saturated carbocycles. The highest BCUT2D eigenvalue weighted by Crippen LogP contribution is 2.65. The third kappa shape index (κ3) is 3.76. The Morgan fingerprint density at radius 1 is 1.00 bits per heavy atom. The molecule has 4 N–H and O–H groups in total. The fraction of sp³-hybridized carbons (Fsp3) is 0.667. The monoisotopic (exact) mass is 482 g/mol. The number of rotatable bonds is 0. The van der Waals surface area contributed by atoms with Crippen LogP contribution in [0.3, 0.4) is 0 Å². The van der Waals surface area contributed by atoms with Gasteiger partial charge in [-0.15, -0.1) is 0 Å². The lowest BCUT2D eigenvalue weighted by atomic mass is 9.64. The highest BCUT2D eigenvalue weighted by molar-refractivity contribution is 6.27. The number of ether oxygens (including phenoxy) is 1. The summed E-state index contributed by atoms with van der Waals surface area (Å²) in [4.78, 5) is 37.6. The van der Waals surface area contributed by atoms with Crippen molar-refractivity contribution in [1.29, 1.82) is 0 Å². The molecule has 3 aliphatic carbocycles. The van der Waals surface area contributed by atoms with Crippen molar-refractivity contribution in [3.05, 3.63) is 35.6 Å². The van der Waals surface area contributed by atoms with Crippen molar-refractivity contribution in [3.8, 4) is 0 Å². The summed E-state index contributed by atoms with van der Waals surface area (Å²) in [7, 11) is 0. The van der Waals surface area contributed by atoms with Crippen LogP contribution >= 0.6 is 0 Å². The molecule has 35 heavy (non-hydrogen) atoms. The Morgan fingerprint density at radius 2 is 1.83 bits per heavy atom. The largest absolute Gasteiger partial charge is 0.507 e. The topological polar surface area (TPSA) is 128 Å². The Morgan fingerprint density at radius 3 is 2.66 bits per heavy atom. The number of epoxide rings is 1. The van der Waals surface area contributed by atoms with Gasteiger partial charge in [-0.1, -0.05) is 19.1 Å². The summed E-state index contributed by atoms with van der Waals surface area (Å²) in [5.74, 6) is 1.75. The van der Waals surface area contributed by atoms with E-state index in [0.717, 1.165) is 25.7 Å². The van der Waals surface area contributed by atoms with Crippen LogP contribution in [0.25, 0.3) is 0 Å². The van der Waals surface area contributed by atoms with Gasteiger partial charge in [-0.25, -0.2) is 0 Å². The Balaban J connectivity index is 1.30. The predicted molar refractivity (Wildman–Crippen MR) is 126 cm³/mol. The minimum Gasteiger partial charge on any atom is -0.507 e. The number of carbonyl (C=O) groups is 3. The molecule has 188 valence electrons. The number of nitrogens with one attached hydrogen (secondary N) is 2. The molecule has 2 amide bonds. The van der Waals surface area contributed by atoms with Crippen LogP contribution in [0.1, 0.15) is 39.0 Å². The summed E-state index contributed by atoms with van der Waals surface area (Å²) in [5.41, 5.74) is -0.298. The number of hydrogen-bond donors (Lipinski definition) is 4. The van der Waals surface area contributed by atoms with E-state index in [1.165, 1.54) is 6.08 Å². The molecule has 0 spiro atoms. The van der Waals surface area contributed by atoms with E-state index >= 15 is 0 Å². The molecule has 3 aliphatic heterocycles. The molecule has 2 unspecified atom stereocenters. The zero-order valence-corrected chi connectivity index (χ0v) is 19.9. The van der Waals surface area contributed by atoms with Crippen molar-refractivity contribution in [3.63, 3.8) is 0 Å². The molecule has 11 atom stereocenters. The number of aliphatic hydroxyl groups excluding tert-OH is 2. The highest BCUT2D eigenvalue weighted by Gasteiger charge is 2.66. The molecule has 6 aliphatic rings. The van der Waals surface area contributed by atoms with E-state index in [4.69, 9.17) is 4.74 Å². The molecule has 0 aromatic rings. The first-order chi connectivity index (χ1) is 16.8. The Hall–Kier alpha value is -2.45. The van der Waals surface area contributed by atoms with Gasteiger partial charge in [-0.2, -0.15) is 0 Å². The summed E-state index contributed by atoms with van der Waals surface area (Å²) in [6, 6.07) is -1.12. The van der Waals surface area contributed by atoms with Crippen molar-refractivity contribution in [2.75, 3.05) is 6.54 Å². The molecule has 8 nitrogen and oxygen atoms in total. The minimum absolute atomic E-state index is 0.111.